The van der Waals surface area contributed by atoms with Crippen molar-refractivity contribution in [1.82, 2.24) is 14.5 Å². The predicted molar refractivity (Wildman–Crippen MR) is 157 cm³/mol. The Morgan fingerprint density at radius 2 is 1.84 bits per heavy atom. The summed E-state index contributed by atoms with van der Waals surface area (Å²) in [5.41, 5.74) is 2.73. The number of hydrogen-bond acceptors (Lipinski definition) is 8. The summed E-state index contributed by atoms with van der Waals surface area (Å²) in [6.07, 6.45) is -4.29. The first kappa shape index (κ1) is 29.4. The van der Waals surface area contributed by atoms with Gasteiger partial charge in [0.2, 0.25) is 0 Å². The molecule has 2 aliphatic rings. The summed E-state index contributed by atoms with van der Waals surface area (Å²) >= 11 is 7.09. The molecule has 0 aliphatic carbocycles. The minimum Gasteiger partial charge on any atom is -0.379 e. The number of aromatic nitrogens is 2. The largest absolute Gasteiger partial charge is 0.493 e. The Bertz CT molecular complexity index is 1670. The van der Waals surface area contributed by atoms with Crippen molar-refractivity contribution in [2.24, 2.45) is 0 Å². The number of hydrogen-bond donors (Lipinski definition) is 0. The fourth-order valence-corrected chi connectivity index (χ4v) is 6.50. The van der Waals surface area contributed by atoms with E-state index in [2.05, 4.69) is 14.5 Å². The molecule has 0 saturated carbocycles. The highest BCUT2D eigenvalue weighted by Crippen LogP contribution is 2.42. The predicted octanol–water partition coefficient (Wildman–Crippen LogP) is 5.89. The quantitative estimate of drug-likeness (QED) is 0.251. The molecule has 1 fully saturated rings. The first-order valence-corrected chi connectivity index (χ1v) is 14.8. The van der Waals surface area contributed by atoms with Crippen LogP contribution in [0.5, 0.6) is 0 Å². The summed E-state index contributed by atoms with van der Waals surface area (Å²) in [4.78, 5) is 39.4. The fraction of sp³-hybridized carbons (Fsp3) is 0.345. The second-order valence-corrected chi connectivity index (χ2v) is 11.7. The maximum Gasteiger partial charge on any atom is 0.493 e. The van der Waals surface area contributed by atoms with Crippen molar-refractivity contribution in [1.29, 1.82) is 0 Å². The van der Waals surface area contributed by atoms with Crippen LogP contribution >= 0.6 is 22.9 Å². The lowest BCUT2D eigenvalue weighted by atomic mass is 10.1. The number of carbonyl (C=O) groups is 2. The lowest BCUT2D eigenvalue weighted by Gasteiger charge is -2.34. The Morgan fingerprint density at radius 3 is 2.56 bits per heavy atom. The second kappa shape index (κ2) is 11.8. The molecule has 6 rings (SSSR count). The Morgan fingerprint density at radius 1 is 1.09 bits per heavy atom. The zero-order chi connectivity index (χ0) is 30.3. The maximum absolute atomic E-state index is 13.7. The zero-order valence-electron chi connectivity index (χ0n) is 23.1. The molecule has 2 aromatic carbocycles. The second-order valence-electron chi connectivity index (χ2n) is 10.3. The molecule has 43 heavy (non-hydrogen) atoms. The molecule has 0 spiro atoms. The van der Waals surface area contributed by atoms with Crippen LogP contribution in [0.25, 0.3) is 21.5 Å². The van der Waals surface area contributed by atoms with Crippen molar-refractivity contribution in [3.8, 4) is 10.4 Å². The summed E-state index contributed by atoms with van der Waals surface area (Å²) in [6.45, 7) is 6.49. The molecule has 0 bridgehead atoms. The first-order chi connectivity index (χ1) is 20.6. The molecule has 4 aromatic rings. The normalized spacial score (nSPS) is 16.2. The van der Waals surface area contributed by atoms with Gasteiger partial charge in [0, 0.05) is 41.8 Å². The third-order valence-corrected chi connectivity index (χ3v) is 8.85. The number of ether oxygens (including phenoxy) is 1. The number of amides is 1. The van der Waals surface area contributed by atoms with Crippen LogP contribution in [0.2, 0.25) is 5.02 Å². The van der Waals surface area contributed by atoms with E-state index in [1.54, 1.807) is 36.4 Å². The van der Waals surface area contributed by atoms with Gasteiger partial charge in [0.05, 0.1) is 24.2 Å². The first-order valence-electron chi connectivity index (χ1n) is 13.6. The molecule has 2 aromatic heterocycles. The van der Waals surface area contributed by atoms with E-state index in [0.717, 1.165) is 73.6 Å². The van der Waals surface area contributed by atoms with Crippen LogP contribution in [-0.4, -0.2) is 72.0 Å². The number of nitrogens with zero attached hydrogens (tertiary/aromatic N) is 5. The van der Waals surface area contributed by atoms with Crippen molar-refractivity contribution in [2.75, 3.05) is 49.5 Å². The van der Waals surface area contributed by atoms with Crippen LogP contribution in [0.1, 0.15) is 21.9 Å². The standard InChI is InChI=1S/C29H27ClF3N5O4S/c1-18-34-22-15-21(7-8-23(22)36(18)10-2-9-35-11-13-41-14-12-35)37-17-38(42-28(40)29(31,32)33)24-16-25(43-26(24)27(37)39)19-3-5-20(30)6-4-19/h3-8,15-16H,2,9-14,17H2,1H3. The van der Waals surface area contributed by atoms with E-state index in [1.165, 1.54) is 11.0 Å². The summed E-state index contributed by atoms with van der Waals surface area (Å²) in [6, 6.07) is 13.6. The molecule has 0 N–H and O–H groups in total. The summed E-state index contributed by atoms with van der Waals surface area (Å²) < 4.78 is 47.1. The van der Waals surface area contributed by atoms with Crippen LogP contribution in [0.3, 0.4) is 0 Å². The van der Waals surface area contributed by atoms with Gasteiger partial charge in [-0.05, 0) is 55.3 Å². The van der Waals surface area contributed by atoms with E-state index in [-0.39, 0.29) is 10.6 Å². The summed E-state index contributed by atoms with van der Waals surface area (Å²) in [5, 5.41) is 1.32. The molecule has 4 heterocycles. The molecule has 0 atom stereocenters. The van der Waals surface area contributed by atoms with Gasteiger partial charge in [-0.3, -0.25) is 14.6 Å². The highest BCUT2D eigenvalue weighted by molar-refractivity contribution is 7.18. The van der Waals surface area contributed by atoms with E-state index >= 15 is 0 Å². The van der Waals surface area contributed by atoms with Crippen LogP contribution in [0.15, 0.2) is 48.5 Å². The van der Waals surface area contributed by atoms with Gasteiger partial charge in [0.15, 0.2) is 0 Å². The van der Waals surface area contributed by atoms with Gasteiger partial charge in [-0.1, -0.05) is 23.7 Å². The summed E-state index contributed by atoms with van der Waals surface area (Å²) in [7, 11) is 0. The fourth-order valence-electron chi connectivity index (χ4n) is 5.26. The molecule has 9 nitrogen and oxygen atoms in total. The SMILES string of the molecule is Cc1nc2cc(N3CN(OC(=O)C(F)(F)F)c4cc(-c5ccc(Cl)cc5)sc4C3=O)ccc2n1CCCN1CCOCC1. The molecular formula is C29H27ClF3N5O4S. The molecular weight excluding hydrogens is 607 g/mol. The number of rotatable bonds is 7. The Hall–Kier alpha value is -3.65. The number of benzene rings is 2. The maximum atomic E-state index is 13.7. The topological polar surface area (TPSA) is 80.1 Å². The van der Waals surface area contributed by atoms with Crippen LogP contribution in [0.4, 0.5) is 24.5 Å². The number of halogens is 4. The number of thiophene rings is 1. The Balaban J connectivity index is 1.29. The number of morpholine rings is 1. The van der Waals surface area contributed by atoms with E-state index in [0.29, 0.717) is 26.7 Å². The van der Waals surface area contributed by atoms with Crippen molar-refractivity contribution in [2.45, 2.75) is 26.1 Å². The van der Waals surface area contributed by atoms with Crippen molar-refractivity contribution in [3.63, 3.8) is 0 Å². The highest BCUT2D eigenvalue weighted by Gasteiger charge is 2.45. The van der Waals surface area contributed by atoms with Crippen LogP contribution < -0.4 is 9.96 Å². The Labute approximate surface area is 253 Å². The number of hydroxylamine groups is 1. The number of aryl methyl sites for hydroxylation is 2. The van der Waals surface area contributed by atoms with Gasteiger partial charge in [-0.2, -0.15) is 18.2 Å². The number of anilines is 2. The minimum absolute atomic E-state index is 0.0790. The van der Waals surface area contributed by atoms with E-state index < -0.39 is 24.7 Å². The van der Waals surface area contributed by atoms with Crippen molar-refractivity contribution >= 4 is 57.2 Å². The third-order valence-electron chi connectivity index (χ3n) is 7.44. The smallest absolute Gasteiger partial charge is 0.379 e. The molecule has 0 unspecified atom stereocenters. The van der Waals surface area contributed by atoms with Crippen LogP contribution in [-0.2, 0) is 20.9 Å². The molecule has 2 aliphatic heterocycles. The number of imidazole rings is 1. The lowest BCUT2D eigenvalue weighted by molar-refractivity contribution is -0.201. The molecule has 1 saturated heterocycles. The summed E-state index contributed by atoms with van der Waals surface area (Å²) in [5.74, 6) is -2.00. The number of fused-ring (bicyclic) bond motifs is 2. The molecule has 0 radical (unpaired) electrons. The highest BCUT2D eigenvalue weighted by atomic mass is 35.5. The monoisotopic (exact) mass is 633 g/mol. The van der Waals surface area contributed by atoms with Gasteiger partial charge in [-0.25, -0.2) is 9.78 Å². The third kappa shape index (κ3) is 6.07. The minimum atomic E-state index is -5.22. The van der Waals surface area contributed by atoms with Gasteiger partial charge < -0.3 is 14.1 Å². The zero-order valence-corrected chi connectivity index (χ0v) is 24.6. The van der Waals surface area contributed by atoms with Gasteiger partial charge in [0.25, 0.3) is 5.91 Å². The van der Waals surface area contributed by atoms with Crippen LogP contribution in [0, 0.1) is 6.92 Å². The number of carbonyl (C=O) groups excluding carboxylic acids is 2. The van der Waals surface area contributed by atoms with E-state index in [9.17, 15) is 22.8 Å². The van der Waals surface area contributed by atoms with Gasteiger partial charge in [0.1, 0.15) is 23.1 Å². The lowest BCUT2D eigenvalue weighted by Crippen LogP contribution is -2.48. The van der Waals surface area contributed by atoms with E-state index in [4.69, 9.17) is 21.2 Å². The molecule has 14 heteroatoms. The average molecular weight is 634 g/mol. The molecule has 226 valence electrons. The Kier molecular flexibility index (Phi) is 8.07. The van der Waals surface area contributed by atoms with E-state index in [1.807, 2.05) is 13.0 Å². The van der Waals surface area contributed by atoms with Gasteiger partial charge >= 0.3 is 12.1 Å². The van der Waals surface area contributed by atoms with Gasteiger partial charge in [-0.15, -0.1) is 11.3 Å². The van der Waals surface area contributed by atoms with Crippen molar-refractivity contribution < 1.29 is 32.3 Å². The molecule has 1 amide bonds. The van der Waals surface area contributed by atoms with Crippen molar-refractivity contribution in [3.05, 3.63) is 64.3 Å². The average Bonchev–Trinajstić information content (AvgIpc) is 3.56. The number of alkyl halides is 3.